The van der Waals surface area contributed by atoms with Gasteiger partial charge in [-0.3, -0.25) is 5.32 Å². The molecule has 0 unspecified atom stereocenters. The van der Waals surface area contributed by atoms with Crippen molar-refractivity contribution in [1.29, 1.82) is 0 Å². The maximum absolute atomic E-state index is 8.45. The quantitative estimate of drug-likeness (QED) is 0.644. The molecule has 0 aromatic carbocycles. The molecule has 0 radical (unpaired) electrons. The second-order valence-electron chi connectivity index (χ2n) is 2.11. The van der Waals surface area contributed by atoms with Crippen molar-refractivity contribution in [2.45, 2.75) is 13.5 Å². The van der Waals surface area contributed by atoms with Crippen molar-refractivity contribution in [3.63, 3.8) is 0 Å². The molecule has 1 aromatic rings. The lowest BCUT2D eigenvalue weighted by Crippen LogP contribution is -2.13. The smallest absolute Gasteiger partial charge is 0.0934 e. The average Bonchev–Trinajstić information content (AvgIpc) is 2.31. The average molecular weight is 157 g/mol. The van der Waals surface area contributed by atoms with E-state index in [1.807, 2.05) is 0 Å². The minimum absolute atomic E-state index is 0.0529. The molecule has 0 bridgehead atoms. The molecule has 10 heavy (non-hydrogen) atoms. The molecule has 1 aromatic heterocycles. The van der Waals surface area contributed by atoms with Crippen LogP contribution >= 0.6 is 11.3 Å². The third kappa shape index (κ3) is 1.80. The third-order valence-corrected chi connectivity index (χ3v) is 2.39. The summed E-state index contributed by atoms with van der Waals surface area (Å²) in [4.78, 5) is 1.30. The van der Waals surface area contributed by atoms with Gasteiger partial charge in [-0.2, -0.15) is 0 Å². The maximum Gasteiger partial charge on any atom is 0.0934 e. The molecule has 2 nitrogen and oxygen atoms in total. The molecule has 0 saturated heterocycles. The number of hydrogen-bond acceptors (Lipinski definition) is 3. The van der Waals surface area contributed by atoms with E-state index in [9.17, 15) is 0 Å². The van der Waals surface area contributed by atoms with E-state index < -0.39 is 0 Å². The van der Waals surface area contributed by atoms with Crippen molar-refractivity contribution in [3.05, 3.63) is 21.9 Å². The van der Waals surface area contributed by atoms with Gasteiger partial charge in [0, 0.05) is 11.4 Å². The van der Waals surface area contributed by atoms with Crippen LogP contribution in [0.1, 0.15) is 10.4 Å². The molecule has 0 fully saturated rings. The summed E-state index contributed by atoms with van der Waals surface area (Å²) in [6.45, 7) is 2.90. The molecule has 56 valence electrons. The highest BCUT2D eigenvalue weighted by Crippen LogP contribution is 2.14. The fourth-order valence-corrected chi connectivity index (χ4v) is 1.63. The lowest BCUT2D eigenvalue weighted by Gasteiger charge is -1.97. The highest BCUT2D eigenvalue weighted by Gasteiger charge is 1.96. The molecule has 0 aliphatic carbocycles. The van der Waals surface area contributed by atoms with Crippen molar-refractivity contribution in [1.82, 2.24) is 5.32 Å². The van der Waals surface area contributed by atoms with Crippen LogP contribution in [-0.2, 0) is 6.54 Å². The topological polar surface area (TPSA) is 32.3 Å². The first-order valence-corrected chi connectivity index (χ1v) is 4.07. The van der Waals surface area contributed by atoms with Crippen LogP contribution in [0.15, 0.2) is 11.4 Å². The van der Waals surface area contributed by atoms with E-state index in [-0.39, 0.29) is 6.73 Å². The Bertz CT molecular complexity index is 197. The van der Waals surface area contributed by atoms with E-state index in [0.29, 0.717) is 0 Å². The summed E-state index contributed by atoms with van der Waals surface area (Å²) >= 11 is 1.72. The Kier molecular flexibility index (Phi) is 2.86. The standard InChI is InChI=1S/C7H11NOS/c1-6-2-3-10-7(6)4-8-5-9/h2-3,8-9H,4-5H2,1H3. The van der Waals surface area contributed by atoms with E-state index in [1.54, 1.807) is 11.3 Å². The molecule has 0 amide bonds. The van der Waals surface area contributed by atoms with E-state index in [4.69, 9.17) is 5.11 Å². The number of aliphatic hydroxyl groups excluding tert-OH is 1. The summed E-state index contributed by atoms with van der Waals surface area (Å²) in [6, 6.07) is 2.08. The number of rotatable bonds is 3. The van der Waals surface area contributed by atoms with Gasteiger partial charge in [-0.05, 0) is 23.9 Å². The zero-order valence-electron chi connectivity index (χ0n) is 5.92. The minimum Gasteiger partial charge on any atom is -0.381 e. The molecule has 0 aliphatic heterocycles. The van der Waals surface area contributed by atoms with Crippen LogP contribution < -0.4 is 5.32 Å². The predicted octanol–water partition coefficient (Wildman–Crippen LogP) is 1.10. The van der Waals surface area contributed by atoms with E-state index in [1.165, 1.54) is 10.4 Å². The molecule has 3 heteroatoms. The highest BCUT2D eigenvalue weighted by atomic mass is 32.1. The van der Waals surface area contributed by atoms with Crippen molar-refractivity contribution >= 4 is 11.3 Å². The van der Waals surface area contributed by atoms with E-state index in [2.05, 4.69) is 23.7 Å². The van der Waals surface area contributed by atoms with Gasteiger partial charge in [-0.25, -0.2) is 0 Å². The van der Waals surface area contributed by atoms with Crippen LogP contribution in [0.3, 0.4) is 0 Å². The molecule has 2 N–H and O–H groups in total. The van der Waals surface area contributed by atoms with Crippen LogP contribution in [0.5, 0.6) is 0 Å². The van der Waals surface area contributed by atoms with E-state index in [0.717, 1.165) is 6.54 Å². The minimum atomic E-state index is 0.0529. The van der Waals surface area contributed by atoms with Crippen molar-refractivity contribution in [2.75, 3.05) is 6.73 Å². The molecule has 0 spiro atoms. The van der Waals surface area contributed by atoms with Crippen molar-refractivity contribution in [2.24, 2.45) is 0 Å². The Labute approximate surface area is 64.5 Å². The number of nitrogens with one attached hydrogen (secondary N) is 1. The molecular formula is C7H11NOS. The zero-order chi connectivity index (χ0) is 7.40. The highest BCUT2D eigenvalue weighted by molar-refractivity contribution is 7.10. The van der Waals surface area contributed by atoms with Crippen LogP contribution in [0.25, 0.3) is 0 Å². The largest absolute Gasteiger partial charge is 0.381 e. The molecule has 0 atom stereocenters. The molecule has 1 heterocycles. The third-order valence-electron chi connectivity index (χ3n) is 1.37. The van der Waals surface area contributed by atoms with Crippen molar-refractivity contribution in [3.8, 4) is 0 Å². The Morgan fingerprint density at radius 1 is 1.70 bits per heavy atom. The lowest BCUT2D eigenvalue weighted by atomic mass is 10.3. The summed E-state index contributed by atoms with van der Waals surface area (Å²) in [7, 11) is 0. The zero-order valence-corrected chi connectivity index (χ0v) is 6.74. The summed E-state index contributed by atoms with van der Waals surface area (Å²) < 4.78 is 0. The van der Waals surface area contributed by atoms with Gasteiger partial charge in [0.2, 0.25) is 0 Å². The second-order valence-corrected chi connectivity index (χ2v) is 3.11. The van der Waals surface area contributed by atoms with Crippen molar-refractivity contribution < 1.29 is 5.11 Å². The fourth-order valence-electron chi connectivity index (χ4n) is 0.755. The first-order chi connectivity index (χ1) is 4.84. The Hall–Kier alpha value is -0.380. The Balaban J connectivity index is 2.49. The Morgan fingerprint density at radius 2 is 2.50 bits per heavy atom. The monoisotopic (exact) mass is 157 g/mol. The summed E-state index contributed by atoms with van der Waals surface area (Å²) in [6.07, 6.45) is 0. The first-order valence-electron chi connectivity index (χ1n) is 3.19. The van der Waals surface area contributed by atoms with Gasteiger partial charge in [0.25, 0.3) is 0 Å². The number of thiophene rings is 1. The number of aliphatic hydroxyl groups is 1. The maximum atomic E-state index is 8.45. The lowest BCUT2D eigenvalue weighted by molar-refractivity contribution is 0.260. The number of aryl methyl sites for hydroxylation is 1. The van der Waals surface area contributed by atoms with Gasteiger partial charge < -0.3 is 5.11 Å². The Morgan fingerprint density at radius 3 is 3.00 bits per heavy atom. The van der Waals surface area contributed by atoms with Gasteiger partial charge in [0.1, 0.15) is 0 Å². The fraction of sp³-hybridized carbons (Fsp3) is 0.429. The molecule has 0 aliphatic rings. The predicted molar refractivity (Wildman–Crippen MR) is 43.0 cm³/mol. The normalized spacial score (nSPS) is 10.2. The van der Waals surface area contributed by atoms with Crippen LogP contribution in [0.2, 0.25) is 0 Å². The first kappa shape index (κ1) is 7.72. The molecular weight excluding hydrogens is 146 g/mol. The van der Waals surface area contributed by atoms with E-state index >= 15 is 0 Å². The van der Waals surface area contributed by atoms with Crippen LogP contribution in [-0.4, -0.2) is 11.8 Å². The molecule has 0 saturated carbocycles. The van der Waals surface area contributed by atoms with Gasteiger partial charge >= 0.3 is 0 Å². The summed E-state index contributed by atoms with van der Waals surface area (Å²) in [5.74, 6) is 0. The number of hydrogen-bond donors (Lipinski definition) is 2. The van der Waals surface area contributed by atoms with Gasteiger partial charge in [0.05, 0.1) is 6.73 Å². The SMILES string of the molecule is Cc1ccsc1CNCO. The summed E-state index contributed by atoms with van der Waals surface area (Å²) in [5.41, 5.74) is 1.30. The van der Waals surface area contributed by atoms with Crippen LogP contribution in [0, 0.1) is 6.92 Å². The van der Waals surface area contributed by atoms with Crippen LogP contribution in [0.4, 0.5) is 0 Å². The molecule has 1 rings (SSSR count). The van der Waals surface area contributed by atoms with Gasteiger partial charge in [-0.1, -0.05) is 0 Å². The second kappa shape index (κ2) is 3.71. The van der Waals surface area contributed by atoms with Gasteiger partial charge in [-0.15, -0.1) is 11.3 Å². The van der Waals surface area contributed by atoms with Gasteiger partial charge in [0.15, 0.2) is 0 Å². The summed E-state index contributed by atoms with van der Waals surface area (Å²) in [5, 5.41) is 13.4.